The number of alkyl halides is 3. The van der Waals surface area contributed by atoms with Gasteiger partial charge in [0.15, 0.2) is 5.11 Å². The predicted octanol–water partition coefficient (Wildman–Crippen LogP) is 4.05. The fourth-order valence-electron chi connectivity index (χ4n) is 2.93. The Morgan fingerprint density at radius 3 is 2.50 bits per heavy atom. The van der Waals surface area contributed by atoms with E-state index in [9.17, 15) is 13.2 Å². The number of hydrogen-bond acceptors (Lipinski definition) is 3. The van der Waals surface area contributed by atoms with Gasteiger partial charge in [0.05, 0.1) is 22.7 Å². The van der Waals surface area contributed by atoms with Crippen molar-refractivity contribution in [3.8, 4) is 6.07 Å². The molecule has 1 aliphatic rings. The highest BCUT2D eigenvalue weighted by atomic mass is 32.1. The largest absolute Gasteiger partial charge is 0.417 e. The van der Waals surface area contributed by atoms with Crippen molar-refractivity contribution in [1.82, 2.24) is 4.90 Å². The highest BCUT2D eigenvalue weighted by Gasteiger charge is 2.45. The number of benzene rings is 1. The van der Waals surface area contributed by atoms with Crippen LogP contribution in [0.15, 0.2) is 30.5 Å². The van der Waals surface area contributed by atoms with Crippen LogP contribution in [0.4, 0.5) is 18.9 Å². The molecule has 0 atom stereocenters. The van der Waals surface area contributed by atoms with Crippen LogP contribution < -0.4 is 4.90 Å². The van der Waals surface area contributed by atoms with Gasteiger partial charge in [0.25, 0.3) is 0 Å². The van der Waals surface area contributed by atoms with E-state index in [-0.39, 0.29) is 12.3 Å². The Bertz CT molecular complexity index is 768. The monoisotopic (exact) mass is 383 g/mol. The lowest BCUT2D eigenvalue weighted by molar-refractivity contribution is -0.137. The molecule has 1 aromatic rings. The Labute approximate surface area is 156 Å². The number of nitriles is 1. The van der Waals surface area contributed by atoms with Crippen molar-refractivity contribution in [2.45, 2.75) is 38.4 Å². The van der Waals surface area contributed by atoms with Crippen molar-refractivity contribution >= 4 is 23.0 Å². The minimum atomic E-state index is -4.64. The maximum Gasteiger partial charge on any atom is 0.417 e. The van der Waals surface area contributed by atoms with Crippen LogP contribution in [0, 0.1) is 11.3 Å². The van der Waals surface area contributed by atoms with E-state index in [0.29, 0.717) is 30.2 Å². The fourth-order valence-corrected chi connectivity index (χ4v) is 3.47. The van der Waals surface area contributed by atoms with Gasteiger partial charge in [-0.25, -0.2) is 0 Å². The number of anilines is 1. The van der Waals surface area contributed by atoms with Crippen molar-refractivity contribution < 1.29 is 18.3 Å². The molecule has 0 saturated carbocycles. The van der Waals surface area contributed by atoms with E-state index in [1.165, 1.54) is 11.0 Å². The summed E-state index contributed by atoms with van der Waals surface area (Å²) in [6.45, 7) is 8.45. The first-order valence-electron chi connectivity index (χ1n) is 8.09. The van der Waals surface area contributed by atoms with Gasteiger partial charge in [0, 0.05) is 24.5 Å². The second-order valence-electron chi connectivity index (χ2n) is 6.55. The maximum absolute atomic E-state index is 13.3. The molecule has 26 heavy (non-hydrogen) atoms. The lowest BCUT2D eigenvalue weighted by Gasteiger charge is -2.31. The van der Waals surface area contributed by atoms with Gasteiger partial charge in [-0.3, -0.25) is 4.90 Å². The number of aliphatic hydroxyl groups excluding tert-OH is 1. The molecule has 0 aromatic heterocycles. The Hall–Kier alpha value is -2.11. The number of unbranched alkanes of at least 4 members (excludes halogenated alkanes) is 1. The minimum Gasteiger partial charge on any atom is -0.396 e. The summed E-state index contributed by atoms with van der Waals surface area (Å²) < 4.78 is 39.8. The lowest BCUT2D eigenvalue weighted by Crippen LogP contribution is -2.41. The minimum absolute atomic E-state index is 0.0657. The third-order valence-corrected chi connectivity index (χ3v) is 4.95. The van der Waals surface area contributed by atoms with Gasteiger partial charge >= 0.3 is 6.18 Å². The van der Waals surface area contributed by atoms with Crippen LogP contribution >= 0.6 is 12.2 Å². The molecule has 0 amide bonds. The van der Waals surface area contributed by atoms with E-state index in [0.717, 1.165) is 12.1 Å². The average Bonchev–Trinajstić information content (AvgIpc) is 2.73. The molecule has 0 bridgehead atoms. The molecule has 1 aliphatic heterocycles. The Morgan fingerprint density at radius 1 is 1.31 bits per heavy atom. The van der Waals surface area contributed by atoms with E-state index < -0.39 is 22.8 Å². The van der Waals surface area contributed by atoms with Crippen LogP contribution in [0.5, 0.6) is 0 Å². The van der Waals surface area contributed by atoms with E-state index >= 15 is 0 Å². The third kappa shape index (κ3) is 3.55. The van der Waals surface area contributed by atoms with Crippen molar-refractivity contribution in [1.29, 1.82) is 5.26 Å². The SMILES string of the molecule is C=C1N(c2ccc(C#N)c(C(F)(F)F)c2)C(=S)N(CCCCO)C1(C)C. The first kappa shape index (κ1) is 20.2. The molecule has 1 heterocycles. The third-order valence-electron chi connectivity index (χ3n) is 4.55. The standard InChI is InChI=1S/C18H20F3N3OS/c1-12-17(2,3)23(8-4-5-9-25)16(26)24(12)14-7-6-13(11-22)15(10-14)18(19,20)21/h6-7,10,25H,1,4-5,8-9H2,2-3H3. The van der Waals surface area contributed by atoms with E-state index in [2.05, 4.69) is 6.58 Å². The number of aliphatic hydroxyl groups is 1. The zero-order valence-corrected chi connectivity index (χ0v) is 15.4. The molecular weight excluding hydrogens is 363 g/mol. The maximum atomic E-state index is 13.3. The highest BCUT2D eigenvalue weighted by molar-refractivity contribution is 7.80. The van der Waals surface area contributed by atoms with Gasteiger partial charge in [-0.15, -0.1) is 0 Å². The van der Waals surface area contributed by atoms with E-state index in [1.54, 1.807) is 6.07 Å². The summed E-state index contributed by atoms with van der Waals surface area (Å²) in [5, 5.41) is 18.3. The molecule has 1 N–H and O–H groups in total. The normalized spacial score (nSPS) is 17.0. The van der Waals surface area contributed by atoms with Crippen LogP contribution in [0.1, 0.15) is 37.8 Å². The van der Waals surface area contributed by atoms with Crippen LogP contribution in [0.3, 0.4) is 0 Å². The molecule has 1 fully saturated rings. The summed E-state index contributed by atoms with van der Waals surface area (Å²) >= 11 is 5.50. The lowest BCUT2D eigenvalue weighted by atomic mass is 10.00. The fraction of sp³-hybridized carbons (Fsp3) is 0.444. The molecule has 0 aliphatic carbocycles. The zero-order valence-electron chi connectivity index (χ0n) is 14.6. The topological polar surface area (TPSA) is 50.5 Å². The van der Waals surface area contributed by atoms with Gasteiger partial charge < -0.3 is 10.0 Å². The van der Waals surface area contributed by atoms with Crippen molar-refractivity contribution in [2.24, 2.45) is 0 Å². The summed E-state index contributed by atoms with van der Waals surface area (Å²) in [7, 11) is 0. The van der Waals surface area contributed by atoms with E-state index in [1.807, 2.05) is 18.7 Å². The van der Waals surface area contributed by atoms with Gasteiger partial charge in [-0.2, -0.15) is 18.4 Å². The highest BCUT2D eigenvalue weighted by Crippen LogP contribution is 2.41. The van der Waals surface area contributed by atoms with Crippen LogP contribution in [0.2, 0.25) is 0 Å². The molecule has 0 radical (unpaired) electrons. The molecule has 1 aromatic carbocycles. The predicted molar refractivity (Wildman–Crippen MR) is 97.5 cm³/mol. The number of rotatable bonds is 5. The van der Waals surface area contributed by atoms with Crippen molar-refractivity contribution in [3.05, 3.63) is 41.6 Å². The van der Waals surface area contributed by atoms with Crippen molar-refractivity contribution in [3.63, 3.8) is 0 Å². The molecule has 2 rings (SSSR count). The van der Waals surface area contributed by atoms with Gasteiger partial charge in [0.2, 0.25) is 0 Å². The van der Waals surface area contributed by atoms with Gasteiger partial charge in [-0.05, 0) is 57.1 Å². The second-order valence-corrected chi connectivity index (χ2v) is 6.91. The molecule has 1 saturated heterocycles. The van der Waals surface area contributed by atoms with E-state index in [4.69, 9.17) is 22.6 Å². The Balaban J connectivity index is 2.44. The number of thiocarbonyl (C=S) groups is 1. The van der Waals surface area contributed by atoms with Crippen LogP contribution in [-0.2, 0) is 6.18 Å². The molecule has 0 spiro atoms. The quantitative estimate of drug-likeness (QED) is 0.614. The number of nitrogens with zero attached hydrogens (tertiary/aromatic N) is 3. The van der Waals surface area contributed by atoms with Crippen molar-refractivity contribution in [2.75, 3.05) is 18.1 Å². The summed E-state index contributed by atoms with van der Waals surface area (Å²) in [5.74, 6) is 0. The van der Waals surface area contributed by atoms with Crippen LogP contribution in [-0.4, -0.2) is 33.8 Å². The Kier molecular flexibility index (Phi) is 5.64. The molecule has 0 unspecified atom stereocenters. The molecule has 140 valence electrons. The average molecular weight is 383 g/mol. The number of hydrogen-bond donors (Lipinski definition) is 1. The molecule has 4 nitrogen and oxygen atoms in total. The first-order valence-corrected chi connectivity index (χ1v) is 8.50. The smallest absolute Gasteiger partial charge is 0.396 e. The molecular formula is C18H20F3N3OS. The van der Waals surface area contributed by atoms with Gasteiger partial charge in [0.1, 0.15) is 0 Å². The Morgan fingerprint density at radius 2 is 1.96 bits per heavy atom. The van der Waals surface area contributed by atoms with Crippen LogP contribution in [0.25, 0.3) is 0 Å². The summed E-state index contributed by atoms with van der Waals surface area (Å²) in [4.78, 5) is 3.41. The summed E-state index contributed by atoms with van der Waals surface area (Å²) in [5.41, 5.74) is -1.21. The van der Waals surface area contributed by atoms with Gasteiger partial charge in [-0.1, -0.05) is 6.58 Å². The second kappa shape index (κ2) is 7.25. The summed E-state index contributed by atoms with van der Waals surface area (Å²) in [6, 6.07) is 5.10. The number of halogens is 3. The summed E-state index contributed by atoms with van der Waals surface area (Å²) in [6.07, 6.45) is -3.33. The zero-order chi connectivity index (χ0) is 19.7. The first-order chi connectivity index (χ1) is 12.1. The molecule has 8 heteroatoms.